The molecule has 450 valence electrons. The van der Waals surface area contributed by atoms with Crippen LogP contribution in [0.2, 0.25) is 0 Å². The van der Waals surface area contributed by atoms with Gasteiger partial charge in [-0.1, -0.05) is 211 Å². The average Bonchev–Trinajstić information content (AvgIpc) is 3.40. The van der Waals surface area contributed by atoms with Crippen molar-refractivity contribution in [3.8, 4) is 0 Å². The number of aliphatic hydroxyl groups excluding tert-OH is 2. The Labute approximate surface area is 466 Å². The van der Waals surface area contributed by atoms with Crippen LogP contribution in [0.1, 0.15) is 252 Å². The van der Waals surface area contributed by atoms with E-state index in [0.29, 0.717) is 19.3 Å². The van der Waals surface area contributed by atoms with E-state index in [9.17, 15) is 43.5 Å². The number of ether oxygens (including phenoxy) is 3. The normalized spacial score (nSPS) is 14.8. The van der Waals surface area contributed by atoms with Gasteiger partial charge in [-0.25, -0.2) is 9.13 Å². The third-order valence-electron chi connectivity index (χ3n) is 12.5. The molecule has 0 saturated carbocycles. The van der Waals surface area contributed by atoms with Gasteiger partial charge in [0.15, 0.2) is 6.10 Å². The second-order valence-corrected chi connectivity index (χ2v) is 23.0. The highest BCUT2D eigenvalue weighted by Crippen LogP contribution is 2.45. The fraction of sp³-hybridized carbons (Fsp3) is 0.814. The maximum atomic E-state index is 12.8. The van der Waals surface area contributed by atoms with E-state index in [2.05, 4.69) is 69.4 Å². The van der Waals surface area contributed by atoms with Gasteiger partial charge in [0.25, 0.3) is 0 Å². The van der Waals surface area contributed by atoms with Gasteiger partial charge >= 0.3 is 33.6 Å². The topological polar surface area (TPSA) is 231 Å². The number of hydrogen-bond donors (Lipinski definition) is 4. The number of hydrogen-bond acceptors (Lipinski definition) is 14. The van der Waals surface area contributed by atoms with E-state index in [1.807, 2.05) is 0 Å². The molecule has 0 aliphatic rings. The number of carbonyl (C=O) groups is 3. The van der Waals surface area contributed by atoms with Crippen molar-refractivity contribution in [1.82, 2.24) is 0 Å². The molecule has 0 saturated heterocycles. The predicted octanol–water partition coefficient (Wildman–Crippen LogP) is 15.3. The Kier molecular flexibility index (Phi) is 52.4. The van der Waals surface area contributed by atoms with Crippen LogP contribution in [0.4, 0.5) is 0 Å². The monoisotopic (exact) mass is 1130 g/mol. The molecule has 16 nitrogen and oxygen atoms in total. The second kappa shape index (κ2) is 54.1. The van der Waals surface area contributed by atoms with Gasteiger partial charge in [-0.3, -0.25) is 32.5 Å². The lowest BCUT2D eigenvalue weighted by atomic mass is 10.0. The van der Waals surface area contributed by atoms with E-state index in [-0.39, 0.29) is 19.3 Å². The van der Waals surface area contributed by atoms with Crippen LogP contribution in [-0.4, -0.2) is 95.9 Å². The molecule has 77 heavy (non-hydrogen) atoms. The Balaban J connectivity index is 4.66. The van der Waals surface area contributed by atoms with E-state index in [1.165, 1.54) is 83.5 Å². The molecule has 0 aromatic rings. The molecular formula is C59H108O16P2. The standard InChI is InChI=1S/C59H108O16P2/c1-4-7-10-13-16-19-22-24-26-28-31-33-36-39-42-45-57(62)69-48-54(60)49-71-76(65,66)72-50-55(61)51-73-77(67,68)74-53-56(75-59(64)47-44-41-38-35-30-21-18-15-12-9-6-3)52-70-58(63)46-43-40-37-34-32-29-27-25-23-20-17-14-11-8-5-2/h7,10,15-16,18-19,24,26,54-56,60-61H,4-6,8-9,11-14,17,20-23,25,27-53H2,1-3H3,(H,65,66)(H,67,68)/b10-7-,18-15-,19-16-,26-24-. The first kappa shape index (κ1) is 74.5. The van der Waals surface area contributed by atoms with Gasteiger partial charge in [-0.05, 0) is 70.6 Å². The van der Waals surface area contributed by atoms with Crippen molar-refractivity contribution < 1.29 is 75.8 Å². The number of phosphoric acid groups is 2. The summed E-state index contributed by atoms with van der Waals surface area (Å²) >= 11 is 0. The van der Waals surface area contributed by atoms with Crippen LogP contribution in [-0.2, 0) is 55.8 Å². The van der Waals surface area contributed by atoms with Crippen LogP contribution in [0, 0.1) is 0 Å². The maximum absolute atomic E-state index is 12.8. The molecule has 0 aromatic carbocycles. The lowest BCUT2D eigenvalue weighted by molar-refractivity contribution is -0.161. The van der Waals surface area contributed by atoms with Crippen LogP contribution in [0.15, 0.2) is 48.6 Å². The maximum Gasteiger partial charge on any atom is 0.472 e. The third kappa shape index (κ3) is 55.2. The van der Waals surface area contributed by atoms with Gasteiger partial charge in [0.05, 0.1) is 26.4 Å². The Hall–Kier alpha value is -2.49. The molecule has 0 spiro atoms. The summed E-state index contributed by atoms with van der Waals surface area (Å²) in [5.74, 6) is -1.59. The number of unbranched alkanes of at least 4 members (excludes halogenated alkanes) is 26. The summed E-state index contributed by atoms with van der Waals surface area (Å²) < 4.78 is 60.5. The molecule has 18 heteroatoms. The second-order valence-electron chi connectivity index (χ2n) is 20.1. The summed E-state index contributed by atoms with van der Waals surface area (Å²) in [7, 11) is -9.75. The highest BCUT2D eigenvalue weighted by Gasteiger charge is 2.29. The predicted molar refractivity (Wildman–Crippen MR) is 307 cm³/mol. The number of phosphoric ester groups is 2. The SMILES string of the molecule is CC/C=C\C/C=C\C/C=C\CCCCCCCC(=O)OCC(O)COP(=O)(O)OCC(O)COP(=O)(O)OCC(COC(=O)CCCCCCCCCCCCCCCCC)OC(=O)CCCCCCC/C=C\CCCC. The van der Waals surface area contributed by atoms with Crippen LogP contribution in [0.25, 0.3) is 0 Å². The van der Waals surface area contributed by atoms with Gasteiger partial charge in [0.1, 0.15) is 25.4 Å². The van der Waals surface area contributed by atoms with Gasteiger partial charge < -0.3 is 34.2 Å². The third-order valence-corrected chi connectivity index (χ3v) is 14.4. The highest BCUT2D eigenvalue weighted by molar-refractivity contribution is 7.47. The molecule has 5 atom stereocenters. The van der Waals surface area contributed by atoms with Crippen LogP contribution >= 0.6 is 15.6 Å². The molecule has 0 radical (unpaired) electrons. The van der Waals surface area contributed by atoms with Crippen molar-refractivity contribution in [2.45, 2.75) is 270 Å². The van der Waals surface area contributed by atoms with Crippen molar-refractivity contribution in [3.05, 3.63) is 48.6 Å². The van der Waals surface area contributed by atoms with Crippen molar-refractivity contribution in [2.24, 2.45) is 0 Å². The van der Waals surface area contributed by atoms with Crippen molar-refractivity contribution >= 4 is 33.6 Å². The molecule has 5 unspecified atom stereocenters. The largest absolute Gasteiger partial charge is 0.472 e. The molecule has 4 N–H and O–H groups in total. The summed E-state index contributed by atoms with van der Waals surface area (Å²) in [5.41, 5.74) is 0. The molecule has 0 fully saturated rings. The average molecular weight is 1140 g/mol. The van der Waals surface area contributed by atoms with Crippen molar-refractivity contribution in [2.75, 3.05) is 39.6 Å². The molecule has 0 bridgehead atoms. The molecule has 0 aliphatic heterocycles. The number of aliphatic hydroxyl groups is 2. The number of carbonyl (C=O) groups excluding carboxylic acids is 3. The molecule has 0 amide bonds. The zero-order valence-electron chi connectivity index (χ0n) is 48.1. The van der Waals surface area contributed by atoms with E-state index >= 15 is 0 Å². The number of rotatable bonds is 57. The Morgan fingerprint density at radius 2 is 0.701 bits per heavy atom. The van der Waals surface area contributed by atoms with Crippen molar-refractivity contribution in [1.29, 1.82) is 0 Å². The minimum atomic E-state index is -4.91. The molecule has 0 heterocycles. The van der Waals surface area contributed by atoms with Gasteiger partial charge in [0, 0.05) is 19.3 Å². The van der Waals surface area contributed by atoms with E-state index < -0.39 is 91.5 Å². The molecule has 0 aromatic heterocycles. The first-order valence-corrected chi connectivity index (χ1v) is 32.9. The minimum Gasteiger partial charge on any atom is -0.463 e. The van der Waals surface area contributed by atoms with Crippen molar-refractivity contribution in [3.63, 3.8) is 0 Å². The van der Waals surface area contributed by atoms with Crippen LogP contribution in [0.3, 0.4) is 0 Å². The lowest BCUT2D eigenvalue weighted by Gasteiger charge is -2.21. The Morgan fingerprint density at radius 3 is 1.14 bits per heavy atom. The highest BCUT2D eigenvalue weighted by atomic mass is 31.2. The van der Waals surface area contributed by atoms with Crippen LogP contribution in [0.5, 0.6) is 0 Å². The quantitative estimate of drug-likeness (QED) is 0.0146. The molecular weight excluding hydrogens is 1030 g/mol. The fourth-order valence-electron chi connectivity index (χ4n) is 7.92. The summed E-state index contributed by atoms with van der Waals surface area (Å²) in [4.78, 5) is 58.0. The number of esters is 3. The Bertz CT molecular complexity index is 1620. The summed E-state index contributed by atoms with van der Waals surface area (Å²) in [6, 6.07) is 0. The fourth-order valence-corrected chi connectivity index (χ4v) is 9.50. The van der Waals surface area contributed by atoms with Gasteiger partial charge in [0.2, 0.25) is 0 Å². The first-order chi connectivity index (χ1) is 37.2. The van der Waals surface area contributed by atoms with E-state index in [0.717, 1.165) is 109 Å². The minimum absolute atomic E-state index is 0.0983. The van der Waals surface area contributed by atoms with E-state index in [4.69, 9.17) is 32.3 Å². The summed E-state index contributed by atoms with van der Waals surface area (Å²) in [6.45, 7) is 2.48. The zero-order valence-corrected chi connectivity index (χ0v) is 49.9. The van der Waals surface area contributed by atoms with Gasteiger partial charge in [-0.15, -0.1) is 0 Å². The van der Waals surface area contributed by atoms with Gasteiger partial charge in [-0.2, -0.15) is 0 Å². The summed E-state index contributed by atoms with van der Waals surface area (Å²) in [6.07, 6.45) is 49.0. The summed E-state index contributed by atoms with van der Waals surface area (Å²) in [5, 5.41) is 20.4. The molecule has 0 rings (SSSR count). The number of allylic oxidation sites excluding steroid dienone is 8. The zero-order chi connectivity index (χ0) is 56.8. The first-order valence-electron chi connectivity index (χ1n) is 29.9. The van der Waals surface area contributed by atoms with E-state index in [1.54, 1.807) is 0 Å². The Morgan fingerprint density at radius 1 is 0.377 bits per heavy atom. The molecule has 0 aliphatic carbocycles. The smallest absolute Gasteiger partial charge is 0.463 e. The van der Waals surface area contributed by atoms with Crippen LogP contribution < -0.4 is 0 Å². The lowest BCUT2D eigenvalue weighted by Crippen LogP contribution is -2.30.